The van der Waals surface area contributed by atoms with Crippen LogP contribution in [0, 0.1) is 13.8 Å². The molecule has 7 heterocycles. The Kier molecular flexibility index (Phi) is 13.6. The van der Waals surface area contributed by atoms with E-state index in [0.717, 1.165) is 71.0 Å². The molecule has 2 amide bonds. The molecule has 1 aliphatic rings. The van der Waals surface area contributed by atoms with Gasteiger partial charge in [-0.25, -0.2) is 19.9 Å². The Morgan fingerprint density at radius 2 is 1.14 bits per heavy atom. The van der Waals surface area contributed by atoms with Crippen molar-refractivity contribution in [3.63, 3.8) is 0 Å². The van der Waals surface area contributed by atoms with Crippen LogP contribution in [0.15, 0.2) is 60.7 Å². The van der Waals surface area contributed by atoms with Crippen LogP contribution in [-0.2, 0) is 43.8 Å². The Bertz CT molecular complexity index is 3560. The summed E-state index contributed by atoms with van der Waals surface area (Å²) in [6.45, 7) is 14.6. The highest BCUT2D eigenvalue weighted by molar-refractivity contribution is 6.37. The highest BCUT2D eigenvalue weighted by Crippen LogP contribution is 2.41. The van der Waals surface area contributed by atoms with Gasteiger partial charge in [0.1, 0.15) is 44.5 Å². The summed E-state index contributed by atoms with van der Waals surface area (Å²) in [6.07, 6.45) is 2.01. The quantitative estimate of drug-likeness (QED) is 0.0619. The lowest BCUT2D eigenvalue weighted by Gasteiger charge is -2.26. The van der Waals surface area contributed by atoms with Crippen molar-refractivity contribution in [1.82, 2.24) is 53.5 Å². The number of hydrogen-bond donors (Lipinski definition) is 2. The number of fused-ring (bicyclic) bond motifs is 6. The van der Waals surface area contributed by atoms with E-state index in [1.54, 1.807) is 31.4 Å². The predicted octanol–water partition coefficient (Wildman–Crippen LogP) is 7.97. The van der Waals surface area contributed by atoms with E-state index in [9.17, 15) is 9.59 Å². The molecule has 10 rings (SSSR count). The molecule has 0 spiro atoms. The second-order valence-corrected chi connectivity index (χ2v) is 18.7. The molecule has 72 heavy (non-hydrogen) atoms. The number of methoxy groups -OCH3 is 1. The normalized spacial score (nSPS) is 13.3. The van der Waals surface area contributed by atoms with Crippen LogP contribution < -0.4 is 20.9 Å². The third-order valence-corrected chi connectivity index (χ3v) is 13.9. The molecule has 0 atom stereocenters. The summed E-state index contributed by atoms with van der Waals surface area (Å²) in [7, 11) is 1.56. The van der Waals surface area contributed by atoms with Crippen LogP contribution in [0.2, 0.25) is 10.3 Å². The third kappa shape index (κ3) is 9.19. The maximum Gasteiger partial charge on any atom is 0.248 e. The standard InChI is InChI=1S/C52H55Cl2N13O5/c1-6-66-37(23-29(3)61-66)49-57-45(53)41-35-25-33(47(55)68)27-39(70-5)43(35)64(51(41)59-49)16-13-31-9-11-32(12-10-31)14-17-65-44-36(42-46(54)58-50(60-52(42)65)38-24-30(4)62-67(38)7-2)26-34(48(56)69)28-40(44)72-20-8-15-63-18-21-71-22-19-63/h9-12,23-28H,6-8,13-22H2,1-5H3,(H2,55,68)(H2,56,69). The first kappa shape index (κ1) is 48.5. The SMILES string of the molecule is CCn1nc(C)cc1-c1nc(Cl)c2c3cc(C(N)=O)cc(OC)c3n(CCc3ccc(CCn4c5nc(-c6cc(C)nn6CC)nc(Cl)c5c5cc(C(N)=O)cc(OCCCN6CCOCC6)c54)cc3)c2n1. The summed E-state index contributed by atoms with van der Waals surface area (Å²) in [5.41, 5.74) is 20.3. The highest BCUT2D eigenvalue weighted by Gasteiger charge is 2.26. The van der Waals surface area contributed by atoms with Crippen molar-refractivity contribution in [3.05, 3.63) is 105 Å². The molecule has 1 saturated heterocycles. The van der Waals surface area contributed by atoms with Crippen LogP contribution in [0.1, 0.15) is 63.5 Å². The lowest BCUT2D eigenvalue weighted by atomic mass is 10.1. The number of aryl methyl sites for hydroxylation is 8. The Hall–Kier alpha value is -7.12. The number of carbonyl (C=O) groups is 2. The highest BCUT2D eigenvalue weighted by atomic mass is 35.5. The van der Waals surface area contributed by atoms with E-state index in [1.165, 1.54) is 0 Å². The summed E-state index contributed by atoms with van der Waals surface area (Å²) in [4.78, 5) is 47.5. The van der Waals surface area contributed by atoms with E-state index < -0.39 is 11.8 Å². The minimum atomic E-state index is -0.594. The molecule has 0 bridgehead atoms. The van der Waals surface area contributed by atoms with Gasteiger partial charge in [0, 0.05) is 67.7 Å². The number of nitrogens with zero attached hydrogens (tertiary/aromatic N) is 11. The van der Waals surface area contributed by atoms with Crippen LogP contribution in [-0.4, -0.2) is 112 Å². The van der Waals surface area contributed by atoms with Gasteiger partial charge in [0.15, 0.2) is 11.6 Å². The number of nitrogens with two attached hydrogens (primary N) is 2. The molecule has 3 aromatic carbocycles. The summed E-state index contributed by atoms with van der Waals surface area (Å²) in [6, 6.07) is 19.2. The number of halogens is 2. The van der Waals surface area contributed by atoms with Crippen LogP contribution >= 0.6 is 23.2 Å². The summed E-state index contributed by atoms with van der Waals surface area (Å²) >= 11 is 14.2. The van der Waals surface area contributed by atoms with E-state index in [-0.39, 0.29) is 15.9 Å². The molecule has 18 nitrogen and oxygen atoms in total. The molecule has 4 N–H and O–H groups in total. The third-order valence-electron chi connectivity index (χ3n) is 13.3. The summed E-state index contributed by atoms with van der Waals surface area (Å²) in [5.74, 6) is 0.671. The number of primary amides is 2. The van der Waals surface area contributed by atoms with Gasteiger partial charge in [-0.15, -0.1) is 0 Å². The molecular formula is C52H55Cl2N13O5. The van der Waals surface area contributed by atoms with Crippen LogP contribution in [0.5, 0.6) is 11.5 Å². The number of amides is 2. The number of rotatable bonds is 18. The maximum atomic E-state index is 12.8. The van der Waals surface area contributed by atoms with Gasteiger partial charge in [-0.3, -0.25) is 23.9 Å². The molecule has 0 aliphatic carbocycles. The second-order valence-electron chi connectivity index (χ2n) is 18.0. The molecule has 0 unspecified atom stereocenters. The monoisotopic (exact) mass is 1010 g/mol. The fourth-order valence-electron chi connectivity index (χ4n) is 9.86. The zero-order chi connectivity index (χ0) is 50.4. The van der Waals surface area contributed by atoms with E-state index in [2.05, 4.69) is 48.5 Å². The number of ether oxygens (including phenoxy) is 3. The zero-order valence-corrected chi connectivity index (χ0v) is 42.3. The van der Waals surface area contributed by atoms with E-state index >= 15 is 0 Å². The molecule has 0 radical (unpaired) electrons. The van der Waals surface area contributed by atoms with Crippen LogP contribution in [0.25, 0.3) is 66.9 Å². The first-order valence-corrected chi connectivity index (χ1v) is 24.9. The van der Waals surface area contributed by atoms with Crippen molar-refractivity contribution in [3.8, 4) is 34.5 Å². The van der Waals surface area contributed by atoms with Gasteiger partial charge in [-0.2, -0.15) is 10.2 Å². The van der Waals surface area contributed by atoms with Gasteiger partial charge >= 0.3 is 0 Å². The van der Waals surface area contributed by atoms with Crippen molar-refractivity contribution in [2.24, 2.45) is 11.5 Å². The average Bonchev–Trinajstić information content (AvgIpc) is 4.14. The second kappa shape index (κ2) is 20.2. The molecular weight excluding hydrogens is 958 g/mol. The van der Waals surface area contributed by atoms with Gasteiger partial charge in [-0.1, -0.05) is 47.5 Å². The fourth-order valence-corrected chi connectivity index (χ4v) is 10.4. The number of aromatic nitrogens is 10. The molecule has 20 heteroatoms. The van der Waals surface area contributed by atoms with Gasteiger partial charge in [0.05, 0.1) is 60.1 Å². The van der Waals surface area contributed by atoms with Gasteiger partial charge < -0.3 is 34.8 Å². The van der Waals surface area contributed by atoms with Crippen molar-refractivity contribution in [1.29, 1.82) is 0 Å². The lowest BCUT2D eigenvalue weighted by Crippen LogP contribution is -2.37. The molecule has 1 fully saturated rings. The van der Waals surface area contributed by atoms with Gasteiger partial charge in [0.25, 0.3) is 0 Å². The van der Waals surface area contributed by atoms with E-state index in [0.29, 0.717) is 120 Å². The fraction of sp³-hybridized carbons (Fsp3) is 0.346. The van der Waals surface area contributed by atoms with Crippen molar-refractivity contribution in [2.45, 2.75) is 73.1 Å². The predicted molar refractivity (Wildman–Crippen MR) is 278 cm³/mol. The van der Waals surface area contributed by atoms with Crippen molar-refractivity contribution < 1.29 is 23.8 Å². The maximum absolute atomic E-state index is 12.8. The van der Waals surface area contributed by atoms with Gasteiger partial charge in [-0.05, 0) is 94.5 Å². The first-order chi connectivity index (χ1) is 34.8. The number of hydrogen-bond acceptors (Lipinski definition) is 12. The van der Waals surface area contributed by atoms with E-state index in [4.69, 9.17) is 68.8 Å². The van der Waals surface area contributed by atoms with Gasteiger partial charge in [0.2, 0.25) is 11.8 Å². The Morgan fingerprint density at radius 1 is 0.667 bits per heavy atom. The Balaban J connectivity index is 0.991. The summed E-state index contributed by atoms with van der Waals surface area (Å²) in [5, 5.41) is 12.3. The molecule has 6 aromatic heterocycles. The topological polar surface area (TPSA) is 214 Å². The number of carbonyl (C=O) groups excluding carboxylic acids is 2. The zero-order valence-electron chi connectivity index (χ0n) is 40.8. The lowest BCUT2D eigenvalue weighted by molar-refractivity contribution is 0.0358. The molecule has 1 aliphatic heterocycles. The smallest absolute Gasteiger partial charge is 0.248 e. The minimum absolute atomic E-state index is 0.236. The minimum Gasteiger partial charge on any atom is -0.495 e. The number of morpholine rings is 1. The average molecular weight is 1010 g/mol. The van der Waals surface area contributed by atoms with Crippen molar-refractivity contribution in [2.75, 3.05) is 46.6 Å². The molecule has 9 aromatic rings. The van der Waals surface area contributed by atoms with Crippen LogP contribution in [0.4, 0.5) is 0 Å². The Labute approximate surface area is 424 Å². The molecule has 0 saturated carbocycles. The largest absolute Gasteiger partial charge is 0.495 e. The van der Waals surface area contributed by atoms with E-state index in [1.807, 2.05) is 49.2 Å². The molecule has 372 valence electrons. The Morgan fingerprint density at radius 3 is 1.60 bits per heavy atom. The first-order valence-electron chi connectivity index (χ1n) is 24.1. The summed E-state index contributed by atoms with van der Waals surface area (Å²) < 4.78 is 25.9. The number of benzene rings is 3. The van der Waals surface area contributed by atoms with Crippen molar-refractivity contribution >= 4 is 78.9 Å². The van der Waals surface area contributed by atoms with Crippen LogP contribution in [0.3, 0.4) is 0 Å².